The van der Waals surface area contributed by atoms with E-state index in [0.29, 0.717) is 24.5 Å². The number of hydrogen-bond donors (Lipinski definition) is 2. The lowest BCUT2D eigenvalue weighted by atomic mass is 10.2. The summed E-state index contributed by atoms with van der Waals surface area (Å²) in [5, 5.41) is 11.5. The maximum atomic E-state index is 8.59. The summed E-state index contributed by atoms with van der Waals surface area (Å²) in [6, 6.07) is 1.63. The van der Waals surface area contributed by atoms with Crippen molar-refractivity contribution in [2.75, 3.05) is 20.3 Å². The summed E-state index contributed by atoms with van der Waals surface area (Å²) in [7, 11) is 1.63. The number of aromatic nitrogens is 1. The van der Waals surface area contributed by atoms with E-state index in [2.05, 4.69) is 10.1 Å². The van der Waals surface area contributed by atoms with Gasteiger partial charge in [0.1, 0.15) is 5.75 Å². The molecule has 0 atom stereocenters. The number of hydrogen-bond acceptors (Lipinski definition) is 5. The van der Waals surface area contributed by atoms with Crippen LogP contribution in [0.3, 0.4) is 0 Å². The molecular formula is C10H15N3O3. The van der Waals surface area contributed by atoms with Crippen LogP contribution in [-0.2, 0) is 4.74 Å². The summed E-state index contributed by atoms with van der Waals surface area (Å²) < 4.78 is 10.3. The fourth-order valence-electron chi connectivity index (χ4n) is 1.15. The highest BCUT2D eigenvalue weighted by Gasteiger charge is 2.07. The fraction of sp³-hybridized carbons (Fsp3) is 0.400. The van der Waals surface area contributed by atoms with E-state index in [0.717, 1.165) is 6.42 Å². The van der Waals surface area contributed by atoms with Crippen LogP contribution in [0.1, 0.15) is 12.0 Å². The Hall–Kier alpha value is -1.82. The van der Waals surface area contributed by atoms with E-state index in [9.17, 15) is 0 Å². The molecule has 0 amide bonds. The topological polar surface area (TPSA) is 90.0 Å². The smallest absolute Gasteiger partial charge is 0.173 e. The molecule has 0 radical (unpaired) electrons. The number of nitrogens with zero attached hydrogens (tertiary/aromatic N) is 2. The summed E-state index contributed by atoms with van der Waals surface area (Å²) in [5.41, 5.74) is 6.02. The quantitative estimate of drug-likeness (QED) is 0.243. The van der Waals surface area contributed by atoms with Gasteiger partial charge >= 0.3 is 0 Å². The third kappa shape index (κ3) is 3.39. The molecule has 0 aliphatic heterocycles. The molecule has 0 aliphatic rings. The molecule has 0 unspecified atom stereocenters. The van der Waals surface area contributed by atoms with Gasteiger partial charge in [0, 0.05) is 26.3 Å². The number of methoxy groups -OCH3 is 1. The first-order chi connectivity index (χ1) is 7.79. The summed E-state index contributed by atoms with van der Waals surface area (Å²) >= 11 is 0. The van der Waals surface area contributed by atoms with Crippen LogP contribution < -0.4 is 10.5 Å². The lowest BCUT2D eigenvalue weighted by Crippen LogP contribution is -2.15. The second kappa shape index (κ2) is 6.62. The average molecular weight is 225 g/mol. The molecule has 0 aliphatic carbocycles. The van der Waals surface area contributed by atoms with Gasteiger partial charge in [0.05, 0.1) is 18.4 Å². The highest BCUT2D eigenvalue weighted by molar-refractivity contribution is 5.99. The van der Waals surface area contributed by atoms with Crippen molar-refractivity contribution in [3.05, 3.63) is 24.0 Å². The third-order valence-corrected chi connectivity index (χ3v) is 1.92. The van der Waals surface area contributed by atoms with E-state index >= 15 is 0 Å². The van der Waals surface area contributed by atoms with Crippen LogP contribution in [0.2, 0.25) is 0 Å². The number of amidine groups is 1. The first-order valence-corrected chi connectivity index (χ1v) is 4.83. The molecule has 1 rings (SSSR count). The Balaban J connectivity index is 2.64. The standard InChI is InChI=1S/C10H15N3O3/c1-15-5-2-6-16-9-7-12-4-3-8(9)10(11)13-14/h3-4,7,14H,2,5-6H2,1H3,(H2,11,13). The minimum atomic E-state index is 0.00383. The van der Waals surface area contributed by atoms with Crippen molar-refractivity contribution in [2.24, 2.45) is 10.9 Å². The van der Waals surface area contributed by atoms with Gasteiger partial charge in [0.15, 0.2) is 5.84 Å². The maximum absolute atomic E-state index is 8.59. The van der Waals surface area contributed by atoms with Crippen LogP contribution in [0.15, 0.2) is 23.6 Å². The second-order valence-electron chi connectivity index (χ2n) is 3.05. The zero-order valence-electron chi connectivity index (χ0n) is 9.09. The molecule has 0 bridgehead atoms. The predicted molar refractivity (Wildman–Crippen MR) is 58.7 cm³/mol. The third-order valence-electron chi connectivity index (χ3n) is 1.92. The number of nitrogens with two attached hydrogens (primary N) is 1. The Kier molecular flexibility index (Phi) is 5.07. The molecular weight excluding hydrogens is 210 g/mol. The summed E-state index contributed by atoms with van der Waals surface area (Å²) in [5.74, 6) is 0.498. The van der Waals surface area contributed by atoms with Gasteiger partial charge in [-0.3, -0.25) is 4.98 Å². The van der Waals surface area contributed by atoms with E-state index in [1.54, 1.807) is 19.4 Å². The summed E-state index contributed by atoms with van der Waals surface area (Å²) in [6.45, 7) is 1.12. The Morgan fingerprint density at radius 1 is 1.56 bits per heavy atom. The molecule has 0 saturated carbocycles. The normalized spacial score (nSPS) is 11.4. The van der Waals surface area contributed by atoms with Gasteiger partial charge in [0.2, 0.25) is 0 Å². The first-order valence-electron chi connectivity index (χ1n) is 4.83. The van der Waals surface area contributed by atoms with Crippen molar-refractivity contribution in [2.45, 2.75) is 6.42 Å². The Labute approximate surface area is 93.7 Å². The zero-order valence-corrected chi connectivity index (χ0v) is 9.09. The maximum Gasteiger partial charge on any atom is 0.173 e. The van der Waals surface area contributed by atoms with E-state index in [-0.39, 0.29) is 5.84 Å². The highest BCUT2D eigenvalue weighted by atomic mass is 16.5. The summed E-state index contributed by atoms with van der Waals surface area (Å²) in [6.07, 6.45) is 3.84. The van der Waals surface area contributed by atoms with Crippen molar-refractivity contribution in [1.82, 2.24) is 4.98 Å². The van der Waals surface area contributed by atoms with Gasteiger partial charge in [-0.15, -0.1) is 0 Å². The first kappa shape index (κ1) is 12.3. The fourth-order valence-corrected chi connectivity index (χ4v) is 1.15. The molecule has 3 N–H and O–H groups in total. The van der Waals surface area contributed by atoms with Crippen LogP contribution in [0.4, 0.5) is 0 Å². The molecule has 0 spiro atoms. The molecule has 0 aromatic carbocycles. The van der Waals surface area contributed by atoms with Gasteiger partial charge in [-0.1, -0.05) is 5.16 Å². The van der Waals surface area contributed by atoms with E-state index in [4.69, 9.17) is 20.4 Å². The summed E-state index contributed by atoms with van der Waals surface area (Å²) in [4.78, 5) is 3.91. The van der Waals surface area contributed by atoms with Gasteiger partial charge in [-0.05, 0) is 6.07 Å². The molecule has 1 heterocycles. The molecule has 0 fully saturated rings. The van der Waals surface area contributed by atoms with Crippen LogP contribution >= 0.6 is 0 Å². The van der Waals surface area contributed by atoms with E-state index in [1.165, 1.54) is 6.20 Å². The van der Waals surface area contributed by atoms with Crippen LogP contribution in [0.25, 0.3) is 0 Å². The van der Waals surface area contributed by atoms with Crippen molar-refractivity contribution in [3.63, 3.8) is 0 Å². The van der Waals surface area contributed by atoms with Crippen molar-refractivity contribution >= 4 is 5.84 Å². The van der Waals surface area contributed by atoms with Gasteiger partial charge in [0.25, 0.3) is 0 Å². The van der Waals surface area contributed by atoms with Crippen molar-refractivity contribution in [1.29, 1.82) is 0 Å². The lowest BCUT2D eigenvalue weighted by Gasteiger charge is -2.09. The molecule has 16 heavy (non-hydrogen) atoms. The SMILES string of the molecule is COCCCOc1cnccc1/C(N)=N/O. The minimum absolute atomic E-state index is 0.00383. The Morgan fingerprint density at radius 2 is 2.38 bits per heavy atom. The van der Waals surface area contributed by atoms with Gasteiger partial charge < -0.3 is 20.4 Å². The van der Waals surface area contributed by atoms with Gasteiger partial charge in [-0.2, -0.15) is 0 Å². The predicted octanol–water partition coefficient (Wildman–Crippen LogP) is 0.591. The van der Waals surface area contributed by atoms with Crippen LogP contribution in [0, 0.1) is 0 Å². The number of oxime groups is 1. The largest absolute Gasteiger partial charge is 0.491 e. The molecule has 0 saturated heterocycles. The van der Waals surface area contributed by atoms with Crippen molar-refractivity contribution < 1.29 is 14.7 Å². The average Bonchev–Trinajstić information content (AvgIpc) is 2.34. The molecule has 6 heteroatoms. The Bertz CT molecular complexity index is 355. The van der Waals surface area contributed by atoms with E-state index in [1.807, 2.05) is 0 Å². The monoisotopic (exact) mass is 225 g/mol. The van der Waals surface area contributed by atoms with Crippen LogP contribution in [0.5, 0.6) is 5.75 Å². The number of pyridine rings is 1. The molecule has 1 aromatic heterocycles. The Morgan fingerprint density at radius 3 is 3.06 bits per heavy atom. The minimum Gasteiger partial charge on any atom is -0.491 e. The van der Waals surface area contributed by atoms with Crippen LogP contribution in [-0.4, -0.2) is 36.4 Å². The lowest BCUT2D eigenvalue weighted by molar-refractivity contribution is 0.172. The van der Waals surface area contributed by atoms with E-state index < -0.39 is 0 Å². The number of ether oxygens (including phenoxy) is 2. The molecule has 1 aromatic rings. The van der Waals surface area contributed by atoms with Crippen molar-refractivity contribution in [3.8, 4) is 5.75 Å². The number of rotatable bonds is 6. The molecule has 6 nitrogen and oxygen atoms in total. The second-order valence-corrected chi connectivity index (χ2v) is 3.05. The molecule has 88 valence electrons. The highest BCUT2D eigenvalue weighted by Crippen LogP contribution is 2.15. The van der Waals surface area contributed by atoms with Gasteiger partial charge in [-0.25, -0.2) is 0 Å². The zero-order chi connectivity index (χ0) is 11.8.